The molecule has 0 bridgehead atoms. The van der Waals surface area contributed by atoms with Crippen molar-refractivity contribution < 1.29 is 21.3 Å². The number of unbranched alkanes of at least 4 members (excludes halogenated alkanes) is 13. The summed E-state index contributed by atoms with van der Waals surface area (Å²) in [5.74, 6) is 0. The van der Waals surface area contributed by atoms with Gasteiger partial charge in [0, 0.05) is 0 Å². The number of quaternary nitrogens is 1. The van der Waals surface area contributed by atoms with Crippen LogP contribution < -0.4 is 5.73 Å². The fourth-order valence-electron chi connectivity index (χ4n) is 4.36. The number of allylic oxidation sites excluding steroid dienone is 2. The molecule has 2 N–H and O–H groups in total. The van der Waals surface area contributed by atoms with E-state index in [4.69, 9.17) is 9.92 Å². The van der Waals surface area contributed by atoms with Crippen LogP contribution in [0.15, 0.2) is 12.2 Å². The van der Waals surface area contributed by atoms with Crippen LogP contribution >= 0.6 is 0 Å². The van der Waals surface area contributed by atoms with Gasteiger partial charge in [0.1, 0.15) is 6.54 Å². The van der Waals surface area contributed by atoms with Crippen LogP contribution in [0.1, 0.15) is 117 Å². The Kier molecular flexibility index (Phi) is 20.6. The van der Waals surface area contributed by atoms with Crippen LogP contribution in [0.5, 0.6) is 0 Å². The molecule has 0 aliphatic heterocycles. The van der Waals surface area contributed by atoms with Crippen molar-refractivity contribution in [2.24, 2.45) is 5.73 Å². The summed E-state index contributed by atoms with van der Waals surface area (Å²) in [6.45, 7) is 9.82. The quantitative estimate of drug-likeness (QED) is 0.0725. The molecule has 0 aromatic heterocycles. The lowest BCUT2D eigenvalue weighted by molar-refractivity contribution is -0.927. The van der Waals surface area contributed by atoms with Gasteiger partial charge < -0.3 is 10.2 Å². The zero-order valence-electron chi connectivity index (χ0n) is 22.2. The first kappa shape index (κ1) is 32.5. The maximum atomic E-state index is 11.5. The standard InChI is InChI=1S/C26H55N2O4S/c1-5-8-9-10-11-12-13-14-15-16-17-18-19-20-21-22-23-24-28(6-2,7-3)25-26(27)32-33(29,30)31-4/h14-15,26H,5-13,16-25,27H2,1-4H3/q+1/b15-14-. The summed E-state index contributed by atoms with van der Waals surface area (Å²) in [6.07, 6.45) is 23.5. The number of hydrogen-bond donors (Lipinski definition) is 1. The average Bonchev–Trinajstić information content (AvgIpc) is 2.80. The monoisotopic (exact) mass is 491 g/mol. The lowest BCUT2D eigenvalue weighted by Gasteiger charge is -2.38. The van der Waals surface area contributed by atoms with Crippen LogP contribution in [0.2, 0.25) is 0 Å². The van der Waals surface area contributed by atoms with Crippen molar-refractivity contribution in [3.63, 3.8) is 0 Å². The summed E-state index contributed by atoms with van der Waals surface area (Å²) in [5.41, 5.74) is 5.94. The van der Waals surface area contributed by atoms with Crippen LogP contribution in [0.3, 0.4) is 0 Å². The van der Waals surface area contributed by atoms with Crippen molar-refractivity contribution in [2.45, 2.75) is 123 Å². The maximum absolute atomic E-state index is 11.5. The molecule has 0 heterocycles. The summed E-state index contributed by atoms with van der Waals surface area (Å²) < 4.78 is 32.9. The van der Waals surface area contributed by atoms with Gasteiger partial charge in [-0.25, -0.2) is 4.18 Å². The van der Waals surface area contributed by atoms with Crippen LogP contribution in [-0.4, -0.2) is 52.4 Å². The number of nitrogens with zero attached hydrogens (tertiary/aromatic N) is 1. The lowest BCUT2D eigenvalue weighted by Crippen LogP contribution is -2.55. The molecule has 0 aromatic carbocycles. The third kappa shape index (κ3) is 18.5. The molecule has 1 unspecified atom stereocenters. The SMILES string of the molecule is CCCCCCCC/C=C\CCCCCCCCC[N+](CC)(CC)CC(N)OS(=O)(=O)OC. The number of nitrogens with two attached hydrogens (primary N) is 1. The Morgan fingerprint density at radius 3 is 1.67 bits per heavy atom. The van der Waals surface area contributed by atoms with E-state index in [-0.39, 0.29) is 0 Å². The molecule has 198 valence electrons. The minimum atomic E-state index is -4.00. The van der Waals surface area contributed by atoms with Crippen molar-refractivity contribution in [1.82, 2.24) is 0 Å². The Hall–Kier alpha value is -0.470. The topological polar surface area (TPSA) is 78.6 Å². The number of hydrogen-bond acceptors (Lipinski definition) is 5. The van der Waals surface area contributed by atoms with Gasteiger partial charge in [0.05, 0.1) is 26.7 Å². The first-order valence-corrected chi connectivity index (χ1v) is 14.9. The molecule has 0 aliphatic carbocycles. The van der Waals surface area contributed by atoms with E-state index in [0.29, 0.717) is 6.54 Å². The Bertz CT molecular complexity index is 563. The number of likely N-dealkylation sites (N-methyl/N-ethyl adjacent to an activating group) is 1. The van der Waals surface area contributed by atoms with E-state index in [1.165, 1.54) is 89.9 Å². The normalized spacial score (nSPS) is 13.7. The first-order valence-electron chi connectivity index (χ1n) is 13.6. The van der Waals surface area contributed by atoms with Crippen molar-refractivity contribution in [1.29, 1.82) is 0 Å². The van der Waals surface area contributed by atoms with E-state index >= 15 is 0 Å². The van der Waals surface area contributed by atoms with E-state index in [9.17, 15) is 8.42 Å². The average molecular weight is 492 g/mol. The Balaban J connectivity index is 3.79. The van der Waals surface area contributed by atoms with Crippen LogP contribution in [0.25, 0.3) is 0 Å². The second-order valence-corrected chi connectivity index (χ2v) is 10.7. The Morgan fingerprint density at radius 2 is 1.21 bits per heavy atom. The van der Waals surface area contributed by atoms with E-state index in [2.05, 4.69) is 37.1 Å². The maximum Gasteiger partial charge on any atom is 0.401 e. The zero-order chi connectivity index (χ0) is 24.8. The van der Waals surface area contributed by atoms with E-state index < -0.39 is 16.6 Å². The van der Waals surface area contributed by atoms with E-state index in [0.717, 1.165) is 37.6 Å². The van der Waals surface area contributed by atoms with Gasteiger partial charge in [-0.2, -0.15) is 8.42 Å². The van der Waals surface area contributed by atoms with Gasteiger partial charge in [-0.15, -0.1) is 0 Å². The van der Waals surface area contributed by atoms with E-state index in [1.54, 1.807) is 0 Å². The van der Waals surface area contributed by atoms with Crippen molar-refractivity contribution >= 4 is 10.4 Å². The second-order valence-electron chi connectivity index (χ2n) is 9.38. The van der Waals surface area contributed by atoms with Crippen molar-refractivity contribution in [3.05, 3.63) is 12.2 Å². The Morgan fingerprint density at radius 1 is 0.758 bits per heavy atom. The molecule has 0 amide bonds. The number of rotatable bonds is 24. The molecule has 0 rings (SSSR count). The highest BCUT2D eigenvalue weighted by Crippen LogP contribution is 2.15. The smallest absolute Gasteiger partial charge is 0.321 e. The predicted octanol–water partition coefficient (Wildman–Crippen LogP) is 6.46. The van der Waals surface area contributed by atoms with Crippen LogP contribution in [-0.2, 0) is 18.8 Å². The fourth-order valence-corrected chi connectivity index (χ4v) is 4.81. The van der Waals surface area contributed by atoms with Gasteiger partial charge in [-0.1, -0.05) is 76.9 Å². The molecule has 0 saturated carbocycles. The minimum Gasteiger partial charge on any atom is -0.321 e. The first-order chi connectivity index (χ1) is 15.8. The molecule has 6 nitrogen and oxygen atoms in total. The highest BCUT2D eigenvalue weighted by Gasteiger charge is 2.29. The van der Waals surface area contributed by atoms with Crippen molar-refractivity contribution in [2.75, 3.05) is 33.3 Å². The molecule has 0 spiro atoms. The molecule has 0 fully saturated rings. The third-order valence-corrected chi connectivity index (χ3v) is 7.64. The van der Waals surface area contributed by atoms with Gasteiger partial charge in [0.15, 0.2) is 6.23 Å². The molecule has 0 saturated heterocycles. The summed E-state index contributed by atoms with van der Waals surface area (Å²) in [7, 11) is -2.92. The lowest BCUT2D eigenvalue weighted by atomic mass is 10.1. The van der Waals surface area contributed by atoms with Crippen LogP contribution in [0, 0.1) is 0 Å². The third-order valence-electron chi connectivity index (χ3n) is 6.75. The highest BCUT2D eigenvalue weighted by molar-refractivity contribution is 7.81. The molecule has 1 atom stereocenters. The van der Waals surface area contributed by atoms with Crippen molar-refractivity contribution in [3.8, 4) is 0 Å². The molecule has 7 heteroatoms. The largest absolute Gasteiger partial charge is 0.401 e. The Labute approximate surface area is 206 Å². The van der Waals surface area contributed by atoms with Gasteiger partial charge >= 0.3 is 10.4 Å². The summed E-state index contributed by atoms with van der Waals surface area (Å²) in [6, 6.07) is 0. The molecular formula is C26H55N2O4S+. The molecule has 33 heavy (non-hydrogen) atoms. The van der Waals surface area contributed by atoms with Crippen LogP contribution in [0.4, 0.5) is 0 Å². The molecule has 0 aliphatic rings. The van der Waals surface area contributed by atoms with E-state index in [1.807, 2.05) is 0 Å². The summed E-state index contributed by atoms with van der Waals surface area (Å²) >= 11 is 0. The van der Waals surface area contributed by atoms with Gasteiger partial charge in [-0.3, -0.25) is 4.18 Å². The molecular weight excluding hydrogens is 436 g/mol. The minimum absolute atomic E-state index is 0.474. The molecule has 0 radical (unpaired) electrons. The molecule has 0 aromatic rings. The second kappa shape index (κ2) is 20.9. The summed E-state index contributed by atoms with van der Waals surface area (Å²) in [5, 5.41) is 0. The fraction of sp³-hybridized carbons (Fsp3) is 0.923. The zero-order valence-corrected chi connectivity index (χ0v) is 23.0. The summed E-state index contributed by atoms with van der Waals surface area (Å²) in [4.78, 5) is 0. The predicted molar refractivity (Wildman–Crippen MR) is 140 cm³/mol. The van der Waals surface area contributed by atoms with Gasteiger partial charge in [0.2, 0.25) is 0 Å². The van der Waals surface area contributed by atoms with Gasteiger partial charge in [0.25, 0.3) is 0 Å². The highest BCUT2D eigenvalue weighted by atomic mass is 32.3. The van der Waals surface area contributed by atoms with Gasteiger partial charge in [-0.05, 0) is 52.4 Å².